The van der Waals surface area contributed by atoms with Crippen molar-refractivity contribution in [2.24, 2.45) is 0 Å². The lowest BCUT2D eigenvalue weighted by Gasteiger charge is -2.12. The molecule has 8 heteroatoms. The molecule has 0 aliphatic heterocycles. The van der Waals surface area contributed by atoms with Gasteiger partial charge in [0.05, 0.1) is 10.9 Å². The smallest absolute Gasteiger partial charge is 0.328 e. The number of nitrogens with zero attached hydrogens (tertiary/aromatic N) is 1. The van der Waals surface area contributed by atoms with E-state index in [1.807, 2.05) is 14.0 Å². The molecule has 7 nitrogen and oxygen atoms in total. The number of aryl methyl sites for hydroxylation is 1. The van der Waals surface area contributed by atoms with Crippen molar-refractivity contribution in [3.8, 4) is 0 Å². The van der Waals surface area contributed by atoms with Crippen LogP contribution in [0.3, 0.4) is 0 Å². The first-order valence-electron chi connectivity index (χ1n) is 7.18. The third-order valence-corrected chi connectivity index (χ3v) is 3.57. The highest BCUT2D eigenvalue weighted by Crippen LogP contribution is 2.06. The van der Waals surface area contributed by atoms with Crippen molar-refractivity contribution >= 4 is 29.2 Å². The van der Waals surface area contributed by atoms with Gasteiger partial charge in [-0.05, 0) is 26.1 Å². The molecule has 1 aromatic heterocycles. The van der Waals surface area contributed by atoms with Crippen molar-refractivity contribution in [1.29, 1.82) is 0 Å². The first-order chi connectivity index (χ1) is 10.5. The molecule has 0 aliphatic rings. The van der Waals surface area contributed by atoms with Gasteiger partial charge < -0.3 is 10.6 Å². The summed E-state index contributed by atoms with van der Waals surface area (Å²) in [7, 11) is 1.82. The zero-order chi connectivity index (χ0) is 16.1. The lowest BCUT2D eigenvalue weighted by atomic mass is 10.2. The monoisotopic (exact) mass is 340 g/mol. The van der Waals surface area contributed by atoms with E-state index in [4.69, 9.17) is 0 Å². The molecule has 0 saturated carbocycles. The molecule has 1 atom stereocenters. The largest absolute Gasteiger partial charge is 0.354 e. The third-order valence-electron chi connectivity index (χ3n) is 3.57. The van der Waals surface area contributed by atoms with Crippen LogP contribution in [0, 0.1) is 0 Å². The molecule has 23 heavy (non-hydrogen) atoms. The zero-order valence-electron chi connectivity index (χ0n) is 13.1. The molecular formula is C15H21ClN4O3. The predicted molar refractivity (Wildman–Crippen MR) is 92.2 cm³/mol. The minimum Gasteiger partial charge on any atom is -0.354 e. The van der Waals surface area contributed by atoms with Gasteiger partial charge in [-0.15, -0.1) is 12.4 Å². The van der Waals surface area contributed by atoms with E-state index >= 15 is 0 Å². The number of halogens is 1. The Hall–Kier alpha value is -2.12. The summed E-state index contributed by atoms with van der Waals surface area (Å²) in [5.41, 5.74) is -0.378. The van der Waals surface area contributed by atoms with Gasteiger partial charge in [0.2, 0.25) is 5.91 Å². The maximum Gasteiger partial charge on any atom is 0.328 e. The van der Waals surface area contributed by atoms with E-state index in [9.17, 15) is 14.4 Å². The van der Waals surface area contributed by atoms with Gasteiger partial charge in [-0.3, -0.25) is 19.1 Å². The molecule has 0 aliphatic carbocycles. The molecule has 0 fully saturated rings. The van der Waals surface area contributed by atoms with Crippen LogP contribution < -0.4 is 21.9 Å². The number of amides is 1. The van der Waals surface area contributed by atoms with Crippen LogP contribution in [-0.4, -0.2) is 35.1 Å². The van der Waals surface area contributed by atoms with Crippen molar-refractivity contribution in [2.45, 2.75) is 25.9 Å². The van der Waals surface area contributed by atoms with Gasteiger partial charge >= 0.3 is 5.69 Å². The Balaban J connectivity index is 0.00000264. The lowest BCUT2D eigenvalue weighted by molar-refractivity contribution is -0.121. The number of aromatic nitrogens is 2. The normalized spacial score (nSPS) is 11.7. The number of hydrogen-bond donors (Lipinski definition) is 3. The molecule has 126 valence electrons. The van der Waals surface area contributed by atoms with Crippen LogP contribution >= 0.6 is 12.4 Å². The second-order valence-electron chi connectivity index (χ2n) is 5.17. The number of nitrogens with one attached hydrogen (secondary N) is 3. The lowest BCUT2D eigenvalue weighted by Crippen LogP contribution is -2.38. The molecule has 1 unspecified atom stereocenters. The molecule has 0 saturated heterocycles. The fraction of sp³-hybridized carbons (Fsp3) is 0.400. The molecular weight excluding hydrogens is 320 g/mol. The van der Waals surface area contributed by atoms with Crippen molar-refractivity contribution in [1.82, 2.24) is 20.2 Å². The maximum absolute atomic E-state index is 11.9. The number of hydrogen-bond acceptors (Lipinski definition) is 4. The average Bonchev–Trinajstić information content (AvgIpc) is 2.52. The number of carbonyl (C=O) groups excluding carboxylic acids is 1. The molecule has 0 spiro atoms. The molecule has 1 aromatic carbocycles. The minimum atomic E-state index is -0.500. The van der Waals surface area contributed by atoms with Crippen LogP contribution in [0.4, 0.5) is 0 Å². The highest BCUT2D eigenvalue weighted by molar-refractivity contribution is 5.85. The van der Waals surface area contributed by atoms with Crippen LogP contribution in [0.15, 0.2) is 33.9 Å². The van der Waals surface area contributed by atoms with E-state index in [0.717, 1.165) is 0 Å². The van der Waals surface area contributed by atoms with E-state index in [0.29, 0.717) is 17.4 Å². The fourth-order valence-corrected chi connectivity index (χ4v) is 2.14. The molecule has 3 N–H and O–H groups in total. The Morgan fingerprint density at radius 1 is 1.30 bits per heavy atom. The number of rotatable bonds is 6. The second kappa shape index (κ2) is 8.50. The first-order valence-corrected chi connectivity index (χ1v) is 7.18. The number of H-pyrrole nitrogens is 1. The number of carbonyl (C=O) groups is 1. The Labute approximate surface area is 139 Å². The fourth-order valence-electron chi connectivity index (χ4n) is 2.14. The van der Waals surface area contributed by atoms with E-state index < -0.39 is 11.2 Å². The highest BCUT2D eigenvalue weighted by Gasteiger charge is 2.09. The summed E-state index contributed by atoms with van der Waals surface area (Å²) in [4.78, 5) is 37.8. The standard InChI is InChI=1S/C15H20N4O3.ClH/c1-10(16-2)9-17-13(20)7-8-19-12-6-4-3-5-11(12)14(21)18-15(19)22;/h3-6,10,16H,7-9H2,1-2H3,(H,17,20)(H,18,21,22);1H. The van der Waals surface area contributed by atoms with Crippen molar-refractivity contribution in [3.63, 3.8) is 0 Å². The molecule has 2 rings (SSSR count). The number of para-hydroxylation sites is 1. The van der Waals surface area contributed by atoms with E-state index in [1.165, 1.54) is 4.57 Å². The van der Waals surface area contributed by atoms with Gasteiger partial charge in [0.15, 0.2) is 0 Å². The van der Waals surface area contributed by atoms with Gasteiger partial charge in [-0.25, -0.2) is 4.79 Å². The summed E-state index contributed by atoms with van der Waals surface area (Å²) in [5.74, 6) is -0.135. The molecule has 2 aromatic rings. The summed E-state index contributed by atoms with van der Waals surface area (Å²) < 4.78 is 1.41. The number of aromatic amines is 1. The van der Waals surface area contributed by atoms with E-state index in [1.54, 1.807) is 24.3 Å². The predicted octanol–water partition coefficient (Wildman–Crippen LogP) is 0.226. The van der Waals surface area contributed by atoms with Gasteiger partial charge in [0.1, 0.15) is 0 Å². The number of likely N-dealkylation sites (N-methyl/N-ethyl adjacent to an activating group) is 1. The Morgan fingerprint density at radius 3 is 2.70 bits per heavy atom. The van der Waals surface area contributed by atoms with Gasteiger partial charge in [0.25, 0.3) is 5.56 Å². The maximum atomic E-state index is 11.9. The van der Waals surface area contributed by atoms with Crippen LogP contribution in [0.5, 0.6) is 0 Å². The summed E-state index contributed by atoms with van der Waals surface area (Å²) in [5, 5.41) is 6.25. The summed E-state index contributed by atoms with van der Waals surface area (Å²) in [6.45, 7) is 2.70. The van der Waals surface area contributed by atoms with Crippen molar-refractivity contribution < 1.29 is 4.79 Å². The van der Waals surface area contributed by atoms with Crippen LogP contribution in [0.2, 0.25) is 0 Å². The molecule has 0 radical (unpaired) electrons. The summed E-state index contributed by atoms with van der Waals surface area (Å²) in [6, 6.07) is 7.02. The average molecular weight is 341 g/mol. The zero-order valence-corrected chi connectivity index (χ0v) is 13.9. The SMILES string of the molecule is CNC(C)CNC(=O)CCn1c(=O)[nH]c(=O)c2ccccc21.Cl. The van der Waals surface area contributed by atoms with Crippen molar-refractivity contribution in [3.05, 3.63) is 45.1 Å². The van der Waals surface area contributed by atoms with Crippen LogP contribution in [0.25, 0.3) is 10.9 Å². The first kappa shape index (κ1) is 18.9. The highest BCUT2D eigenvalue weighted by atomic mass is 35.5. The summed E-state index contributed by atoms with van der Waals surface area (Å²) >= 11 is 0. The topological polar surface area (TPSA) is 96.0 Å². The van der Waals surface area contributed by atoms with Gasteiger partial charge in [-0.1, -0.05) is 12.1 Å². The van der Waals surface area contributed by atoms with Crippen molar-refractivity contribution in [2.75, 3.05) is 13.6 Å². The van der Waals surface area contributed by atoms with Crippen LogP contribution in [-0.2, 0) is 11.3 Å². The van der Waals surface area contributed by atoms with Crippen LogP contribution in [0.1, 0.15) is 13.3 Å². The van der Waals surface area contributed by atoms with Gasteiger partial charge in [-0.2, -0.15) is 0 Å². The minimum absolute atomic E-state index is 0. The Kier molecular flexibility index (Phi) is 6.99. The Morgan fingerprint density at radius 2 is 2.00 bits per heavy atom. The molecule has 1 amide bonds. The second-order valence-corrected chi connectivity index (χ2v) is 5.17. The van der Waals surface area contributed by atoms with Gasteiger partial charge in [0, 0.05) is 25.6 Å². The number of benzene rings is 1. The Bertz CT molecular complexity index is 784. The third kappa shape index (κ3) is 4.67. The molecule has 0 bridgehead atoms. The number of fused-ring (bicyclic) bond motifs is 1. The van der Waals surface area contributed by atoms with E-state index in [2.05, 4.69) is 15.6 Å². The van der Waals surface area contributed by atoms with E-state index in [-0.39, 0.29) is 37.3 Å². The quantitative estimate of drug-likeness (QED) is 0.701. The summed E-state index contributed by atoms with van der Waals surface area (Å²) in [6.07, 6.45) is 0.173. The molecule has 1 heterocycles.